The van der Waals surface area contributed by atoms with Gasteiger partial charge in [-0.15, -0.1) is 11.3 Å². The van der Waals surface area contributed by atoms with E-state index in [-0.39, 0.29) is 18.4 Å². The molecule has 122 valence electrons. The van der Waals surface area contributed by atoms with Crippen LogP contribution in [0.2, 0.25) is 0 Å². The molecule has 0 saturated heterocycles. The van der Waals surface area contributed by atoms with E-state index in [1.807, 2.05) is 60.7 Å². The minimum Gasteiger partial charge on any atom is -0.383 e. The highest BCUT2D eigenvalue weighted by molar-refractivity contribution is 7.20. The number of aliphatic hydroxyl groups is 1. The topological polar surface area (TPSA) is 49.3 Å². The summed E-state index contributed by atoms with van der Waals surface area (Å²) >= 11 is 1.48. The van der Waals surface area contributed by atoms with Crippen molar-refractivity contribution in [3.8, 4) is 0 Å². The van der Waals surface area contributed by atoms with E-state index in [4.69, 9.17) is 0 Å². The van der Waals surface area contributed by atoms with Crippen molar-refractivity contribution in [1.29, 1.82) is 0 Å². The molecule has 1 aliphatic rings. The van der Waals surface area contributed by atoms with Gasteiger partial charge in [0, 0.05) is 4.70 Å². The number of thiophene rings is 1. The van der Waals surface area contributed by atoms with Gasteiger partial charge in [-0.25, -0.2) is 0 Å². The molecular weight excluding hydrogens is 318 g/mol. The Morgan fingerprint density at radius 3 is 2.54 bits per heavy atom. The standard InChI is InChI=1S/C20H19NO2S/c22-19(18-12-14-6-4-5-9-17(14)24-18)21-13-20(23,16-10-11-16)15-7-2-1-3-8-15/h1-9,12,16,23H,10-11,13H2,(H,21,22). The zero-order valence-corrected chi connectivity index (χ0v) is 14.1. The van der Waals surface area contributed by atoms with Crippen LogP contribution in [0.15, 0.2) is 60.7 Å². The van der Waals surface area contributed by atoms with Crippen LogP contribution in [0.1, 0.15) is 28.1 Å². The van der Waals surface area contributed by atoms with Gasteiger partial charge in [0.05, 0.1) is 11.4 Å². The van der Waals surface area contributed by atoms with Crippen LogP contribution in [0.3, 0.4) is 0 Å². The van der Waals surface area contributed by atoms with Crippen molar-refractivity contribution in [3.05, 3.63) is 71.1 Å². The first kappa shape index (κ1) is 15.4. The van der Waals surface area contributed by atoms with Crippen molar-refractivity contribution in [2.75, 3.05) is 6.54 Å². The Kier molecular flexibility index (Phi) is 3.87. The van der Waals surface area contributed by atoms with Crippen molar-refractivity contribution in [3.63, 3.8) is 0 Å². The zero-order chi connectivity index (χ0) is 16.6. The van der Waals surface area contributed by atoms with Crippen molar-refractivity contribution in [2.24, 2.45) is 5.92 Å². The monoisotopic (exact) mass is 337 g/mol. The number of carbonyl (C=O) groups excluding carboxylic acids is 1. The van der Waals surface area contributed by atoms with Crippen LogP contribution >= 0.6 is 11.3 Å². The lowest BCUT2D eigenvalue weighted by atomic mass is 9.88. The average Bonchev–Trinajstić information content (AvgIpc) is 3.39. The molecule has 2 N–H and O–H groups in total. The number of carbonyl (C=O) groups is 1. The van der Waals surface area contributed by atoms with E-state index in [1.54, 1.807) is 0 Å². The maximum Gasteiger partial charge on any atom is 0.261 e. The Morgan fingerprint density at radius 2 is 1.83 bits per heavy atom. The maximum absolute atomic E-state index is 12.5. The zero-order valence-electron chi connectivity index (χ0n) is 13.2. The van der Waals surface area contributed by atoms with Gasteiger partial charge in [-0.1, -0.05) is 48.5 Å². The molecule has 1 saturated carbocycles. The molecule has 2 aromatic carbocycles. The number of fused-ring (bicyclic) bond motifs is 1. The van der Waals surface area contributed by atoms with E-state index >= 15 is 0 Å². The first-order chi connectivity index (χ1) is 11.7. The maximum atomic E-state index is 12.5. The lowest BCUT2D eigenvalue weighted by Gasteiger charge is -2.29. The second-order valence-electron chi connectivity index (χ2n) is 6.40. The van der Waals surface area contributed by atoms with Gasteiger partial charge in [0.15, 0.2) is 0 Å². The van der Waals surface area contributed by atoms with E-state index in [2.05, 4.69) is 5.32 Å². The quantitative estimate of drug-likeness (QED) is 0.741. The lowest BCUT2D eigenvalue weighted by Crippen LogP contribution is -2.42. The fourth-order valence-electron chi connectivity index (χ4n) is 3.17. The van der Waals surface area contributed by atoms with E-state index in [0.29, 0.717) is 4.88 Å². The summed E-state index contributed by atoms with van der Waals surface area (Å²) in [6.07, 6.45) is 2.01. The number of hydrogen-bond acceptors (Lipinski definition) is 3. The molecular formula is C20H19NO2S. The van der Waals surface area contributed by atoms with Crippen molar-refractivity contribution in [2.45, 2.75) is 18.4 Å². The second kappa shape index (κ2) is 6.04. The van der Waals surface area contributed by atoms with E-state index in [9.17, 15) is 9.90 Å². The molecule has 0 spiro atoms. The van der Waals surface area contributed by atoms with Gasteiger partial charge in [-0.05, 0) is 41.8 Å². The number of rotatable bonds is 5. The van der Waals surface area contributed by atoms with Crippen LogP contribution in [-0.2, 0) is 5.60 Å². The van der Waals surface area contributed by atoms with Gasteiger partial charge < -0.3 is 10.4 Å². The molecule has 1 amide bonds. The molecule has 4 rings (SSSR count). The van der Waals surface area contributed by atoms with Crippen molar-refractivity contribution >= 4 is 27.3 Å². The van der Waals surface area contributed by atoms with Crippen LogP contribution < -0.4 is 5.32 Å². The Labute approximate surface area is 144 Å². The highest BCUT2D eigenvalue weighted by Gasteiger charge is 2.45. The fourth-order valence-corrected chi connectivity index (χ4v) is 4.14. The summed E-state index contributed by atoms with van der Waals surface area (Å²) in [5.74, 6) is 0.105. The Bertz CT molecular complexity index is 836. The lowest BCUT2D eigenvalue weighted by molar-refractivity contribution is 0.0135. The second-order valence-corrected chi connectivity index (χ2v) is 7.48. The molecule has 1 atom stereocenters. The molecule has 1 fully saturated rings. The van der Waals surface area contributed by atoms with Crippen LogP contribution in [0.4, 0.5) is 0 Å². The molecule has 1 aliphatic carbocycles. The third-order valence-electron chi connectivity index (χ3n) is 4.69. The molecule has 4 heteroatoms. The number of amides is 1. The van der Waals surface area contributed by atoms with E-state index in [1.165, 1.54) is 11.3 Å². The normalized spacial score (nSPS) is 16.7. The predicted molar refractivity (Wildman–Crippen MR) is 97.2 cm³/mol. The number of nitrogens with one attached hydrogen (secondary N) is 1. The summed E-state index contributed by atoms with van der Waals surface area (Å²) in [7, 11) is 0. The van der Waals surface area contributed by atoms with Crippen molar-refractivity contribution in [1.82, 2.24) is 5.32 Å². The Hall–Kier alpha value is -2.17. The van der Waals surface area contributed by atoms with Crippen LogP contribution in [-0.4, -0.2) is 17.6 Å². The highest BCUT2D eigenvalue weighted by Crippen LogP contribution is 2.45. The summed E-state index contributed by atoms with van der Waals surface area (Å²) in [6.45, 7) is 0.245. The molecule has 1 heterocycles. The third kappa shape index (κ3) is 2.83. The fraction of sp³-hybridized carbons (Fsp3) is 0.250. The molecule has 0 aliphatic heterocycles. The van der Waals surface area contributed by atoms with Crippen LogP contribution in [0.5, 0.6) is 0 Å². The number of benzene rings is 2. The molecule has 0 bridgehead atoms. The molecule has 3 aromatic rings. The molecule has 0 radical (unpaired) electrons. The molecule has 1 unspecified atom stereocenters. The van der Waals surface area contributed by atoms with Gasteiger partial charge in [0.1, 0.15) is 5.60 Å². The predicted octanol–water partition coefficient (Wildman–Crippen LogP) is 3.93. The van der Waals surface area contributed by atoms with Gasteiger partial charge in [0.25, 0.3) is 5.91 Å². The summed E-state index contributed by atoms with van der Waals surface area (Å²) in [5, 5.41) is 15.2. The minimum absolute atomic E-state index is 0.119. The van der Waals surface area contributed by atoms with Gasteiger partial charge in [0.2, 0.25) is 0 Å². The summed E-state index contributed by atoms with van der Waals surface area (Å²) < 4.78 is 1.10. The Morgan fingerprint density at radius 1 is 1.12 bits per heavy atom. The van der Waals surface area contributed by atoms with Crippen LogP contribution in [0.25, 0.3) is 10.1 Å². The Balaban J connectivity index is 1.53. The molecule has 3 nitrogen and oxygen atoms in total. The molecule has 1 aromatic heterocycles. The average molecular weight is 337 g/mol. The first-order valence-corrected chi connectivity index (χ1v) is 9.03. The first-order valence-electron chi connectivity index (χ1n) is 8.21. The largest absolute Gasteiger partial charge is 0.383 e. The minimum atomic E-state index is -0.979. The van der Waals surface area contributed by atoms with Gasteiger partial charge in [-0.3, -0.25) is 4.79 Å². The highest BCUT2D eigenvalue weighted by atomic mass is 32.1. The van der Waals surface area contributed by atoms with Gasteiger partial charge >= 0.3 is 0 Å². The smallest absolute Gasteiger partial charge is 0.261 e. The van der Waals surface area contributed by atoms with E-state index < -0.39 is 5.60 Å². The van der Waals surface area contributed by atoms with Crippen LogP contribution in [0, 0.1) is 5.92 Å². The van der Waals surface area contributed by atoms with Crippen molar-refractivity contribution < 1.29 is 9.90 Å². The number of hydrogen-bond donors (Lipinski definition) is 2. The summed E-state index contributed by atoms with van der Waals surface area (Å²) in [6, 6.07) is 19.5. The SMILES string of the molecule is O=C(NCC(O)(c1ccccc1)C1CC1)c1cc2ccccc2s1. The van der Waals surface area contributed by atoms with E-state index in [0.717, 1.165) is 28.5 Å². The van der Waals surface area contributed by atoms with Gasteiger partial charge in [-0.2, -0.15) is 0 Å². The summed E-state index contributed by atoms with van der Waals surface area (Å²) in [4.78, 5) is 13.2. The third-order valence-corrected chi connectivity index (χ3v) is 5.81. The summed E-state index contributed by atoms with van der Waals surface area (Å²) in [5.41, 5.74) is -0.0997. The molecule has 24 heavy (non-hydrogen) atoms.